The lowest BCUT2D eigenvalue weighted by molar-refractivity contribution is -0.141. The van der Waals surface area contributed by atoms with E-state index in [2.05, 4.69) is 8.92 Å². The summed E-state index contributed by atoms with van der Waals surface area (Å²) >= 11 is 0. The molecule has 0 saturated heterocycles. The molecule has 0 aromatic heterocycles. The molecule has 0 radical (unpaired) electrons. The average molecular weight is 588 g/mol. The number of carbonyl (C=O) groups excluding carboxylic acids is 1. The minimum absolute atomic E-state index is 0.0329. The van der Waals surface area contributed by atoms with Gasteiger partial charge in [0, 0.05) is 5.56 Å². The number of carbonyl (C=O) groups is 1. The van der Waals surface area contributed by atoms with Crippen molar-refractivity contribution in [1.29, 1.82) is 0 Å². The molecule has 0 aliphatic heterocycles. The maximum absolute atomic E-state index is 13.6. The molecule has 0 spiro atoms. The fourth-order valence-corrected chi connectivity index (χ4v) is 5.44. The van der Waals surface area contributed by atoms with Gasteiger partial charge >= 0.3 is 21.6 Å². The molecule has 14 heteroatoms. The van der Waals surface area contributed by atoms with Crippen molar-refractivity contribution in [2.45, 2.75) is 30.3 Å². The highest BCUT2D eigenvalue weighted by Crippen LogP contribution is 2.39. The van der Waals surface area contributed by atoms with Crippen LogP contribution in [0.25, 0.3) is 0 Å². The van der Waals surface area contributed by atoms with E-state index in [0.29, 0.717) is 10.1 Å². The fraction of sp³-hybridized carbons (Fsp3) is 0.240. The van der Waals surface area contributed by atoms with E-state index in [-0.39, 0.29) is 16.2 Å². The smallest absolute Gasteiger partial charge is 0.468 e. The third kappa shape index (κ3) is 7.07. The number of ether oxygens (including phenoxy) is 2. The molecule has 3 aromatic carbocycles. The number of hydrogen-bond donors (Lipinski definition) is 0. The van der Waals surface area contributed by atoms with Gasteiger partial charge in [-0.15, -0.1) is 0 Å². The molecule has 3 aromatic rings. The molecule has 9 nitrogen and oxygen atoms in total. The number of rotatable bonds is 10. The first-order valence-corrected chi connectivity index (χ1v) is 14.0. The minimum atomic E-state index is -6.12. The lowest BCUT2D eigenvalue weighted by Crippen LogP contribution is -2.38. The zero-order valence-corrected chi connectivity index (χ0v) is 22.5. The van der Waals surface area contributed by atoms with Crippen LogP contribution in [0, 0.1) is 6.92 Å². The highest BCUT2D eigenvalue weighted by Gasteiger charge is 2.49. The standard InChI is InChI=1S/C25H24F3NO8S2/c1-17-9-12-21(13-10-17)38(31,32)29(16-24(30)35-3)18(2)22-15-20(36-19-7-5-4-6-8-19)11-14-23(22)37-39(33,34)25(26,27)28/h4-15,18H,16H2,1-3H3. The second kappa shape index (κ2) is 11.6. The maximum Gasteiger partial charge on any atom is 0.534 e. The van der Waals surface area contributed by atoms with Gasteiger partial charge in [0.25, 0.3) is 0 Å². The van der Waals surface area contributed by atoms with Crippen molar-refractivity contribution in [3.8, 4) is 17.2 Å². The first kappa shape index (κ1) is 29.9. The van der Waals surface area contributed by atoms with Crippen molar-refractivity contribution >= 4 is 26.1 Å². The SMILES string of the molecule is COC(=O)CN(C(C)c1cc(Oc2ccccc2)ccc1OS(=O)(=O)C(F)(F)F)S(=O)(=O)c1ccc(C)cc1. The van der Waals surface area contributed by atoms with Crippen molar-refractivity contribution in [3.05, 3.63) is 83.9 Å². The molecule has 0 N–H and O–H groups in total. The summed E-state index contributed by atoms with van der Waals surface area (Å²) in [5.74, 6) is -1.41. The molecule has 210 valence electrons. The van der Waals surface area contributed by atoms with E-state index in [1.807, 2.05) is 0 Å². The van der Waals surface area contributed by atoms with Gasteiger partial charge in [0.1, 0.15) is 23.8 Å². The van der Waals surface area contributed by atoms with E-state index in [9.17, 15) is 34.8 Å². The zero-order chi connectivity index (χ0) is 29.0. The third-order valence-electron chi connectivity index (χ3n) is 5.47. The Bertz CT molecular complexity index is 1530. The maximum atomic E-state index is 13.6. The highest BCUT2D eigenvalue weighted by atomic mass is 32.2. The Hall–Kier alpha value is -3.62. The lowest BCUT2D eigenvalue weighted by Gasteiger charge is -2.29. The van der Waals surface area contributed by atoms with Crippen molar-refractivity contribution in [1.82, 2.24) is 4.31 Å². The first-order valence-electron chi connectivity index (χ1n) is 11.2. The predicted octanol–water partition coefficient (Wildman–Crippen LogP) is 4.94. The van der Waals surface area contributed by atoms with Gasteiger partial charge in [-0.3, -0.25) is 4.79 Å². The summed E-state index contributed by atoms with van der Waals surface area (Å²) in [7, 11) is -9.56. The Morgan fingerprint density at radius 2 is 1.54 bits per heavy atom. The predicted molar refractivity (Wildman–Crippen MR) is 134 cm³/mol. The van der Waals surface area contributed by atoms with Crippen LogP contribution < -0.4 is 8.92 Å². The van der Waals surface area contributed by atoms with E-state index in [1.165, 1.54) is 31.2 Å². The largest absolute Gasteiger partial charge is 0.534 e. The number of hydrogen-bond acceptors (Lipinski definition) is 8. The molecule has 0 bridgehead atoms. The summed E-state index contributed by atoms with van der Waals surface area (Å²) in [4.78, 5) is 12.0. The molecular formula is C25H24F3NO8S2. The number of alkyl halides is 3. The van der Waals surface area contributed by atoms with Gasteiger partial charge < -0.3 is 13.7 Å². The molecule has 0 aliphatic carbocycles. The minimum Gasteiger partial charge on any atom is -0.468 e. The lowest BCUT2D eigenvalue weighted by atomic mass is 10.1. The number of nitrogens with zero attached hydrogens (tertiary/aromatic N) is 1. The number of esters is 1. The summed E-state index contributed by atoms with van der Waals surface area (Å²) in [5, 5.41) is 0. The Kier molecular flexibility index (Phi) is 8.93. The Morgan fingerprint density at radius 3 is 2.10 bits per heavy atom. The van der Waals surface area contributed by atoms with Crippen molar-refractivity contribution in [3.63, 3.8) is 0 Å². The van der Waals surface area contributed by atoms with Crippen molar-refractivity contribution < 1.29 is 48.5 Å². The Labute approximate surface area is 223 Å². The van der Waals surface area contributed by atoms with E-state index < -0.39 is 50.0 Å². The van der Waals surface area contributed by atoms with Crippen LogP contribution in [0.4, 0.5) is 13.2 Å². The number of aryl methyl sites for hydroxylation is 1. The summed E-state index contributed by atoms with van der Waals surface area (Å²) in [5.41, 5.74) is -5.33. The number of methoxy groups -OCH3 is 1. The number of halogens is 3. The summed E-state index contributed by atoms with van der Waals surface area (Å²) in [6, 6.07) is 15.6. The average Bonchev–Trinajstić information content (AvgIpc) is 2.87. The molecule has 1 atom stereocenters. The molecule has 0 aliphatic rings. The molecular weight excluding hydrogens is 563 g/mol. The zero-order valence-electron chi connectivity index (χ0n) is 20.9. The van der Waals surface area contributed by atoms with Crippen LogP contribution in [0.15, 0.2) is 77.7 Å². The Balaban J connectivity index is 2.17. The van der Waals surface area contributed by atoms with Crippen LogP contribution in [0.3, 0.4) is 0 Å². The second-order valence-corrected chi connectivity index (χ2v) is 11.6. The third-order valence-corrected chi connectivity index (χ3v) is 8.36. The van der Waals surface area contributed by atoms with E-state index >= 15 is 0 Å². The van der Waals surface area contributed by atoms with Gasteiger partial charge in [-0.05, 0) is 56.3 Å². The topological polar surface area (TPSA) is 116 Å². The van der Waals surface area contributed by atoms with Gasteiger partial charge in [-0.25, -0.2) is 8.42 Å². The van der Waals surface area contributed by atoms with Crippen LogP contribution >= 0.6 is 0 Å². The number of sulfonamides is 1. The van der Waals surface area contributed by atoms with Crippen LogP contribution in [-0.4, -0.2) is 46.3 Å². The summed E-state index contributed by atoms with van der Waals surface area (Å²) in [6.45, 7) is 2.14. The van der Waals surface area contributed by atoms with Gasteiger partial charge in [-0.1, -0.05) is 35.9 Å². The molecule has 3 rings (SSSR count). The van der Waals surface area contributed by atoms with Gasteiger partial charge in [0.15, 0.2) is 0 Å². The van der Waals surface area contributed by atoms with E-state index in [0.717, 1.165) is 30.9 Å². The van der Waals surface area contributed by atoms with Gasteiger partial charge in [0.05, 0.1) is 18.0 Å². The van der Waals surface area contributed by atoms with Gasteiger partial charge in [0.2, 0.25) is 10.0 Å². The van der Waals surface area contributed by atoms with Crippen LogP contribution in [-0.2, 0) is 29.7 Å². The monoisotopic (exact) mass is 587 g/mol. The molecule has 39 heavy (non-hydrogen) atoms. The summed E-state index contributed by atoms with van der Waals surface area (Å²) in [6.07, 6.45) is 0. The van der Waals surface area contributed by atoms with E-state index in [4.69, 9.17) is 4.74 Å². The summed E-state index contributed by atoms with van der Waals surface area (Å²) < 4.78 is 106. The Morgan fingerprint density at radius 1 is 0.923 bits per heavy atom. The normalized spacial score (nSPS) is 13.1. The van der Waals surface area contributed by atoms with Crippen LogP contribution in [0.5, 0.6) is 17.2 Å². The van der Waals surface area contributed by atoms with Gasteiger partial charge in [-0.2, -0.15) is 25.9 Å². The molecule has 0 fully saturated rings. The number of benzene rings is 3. The van der Waals surface area contributed by atoms with Crippen molar-refractivity contribution in [2.75, 3.05) is 13.7 Å². The molecule has 1 unspecified atom stereocenters. The molecule has 0 heterocycles. The second-order valence-electron chi connectivity index (χ2n) is 8.21. The highest BCUT2D eigenvalue weighted by molar-refractivity contribution is 7.89. The molecule has 0 amide bonds. The van der Waals surface area contributed by atoms with Crippen LogP contribution in [0.2, 0.25) is 0 Å². The fourth-order valence-electron chi connectivity index (χ4n) is 3.41. The number of para-hydroxylation sites is 1. The van der Waals surface area contributed by atoms with Crippen LogP contribution in [0.1, 0.15) is 24.1 Å². The van der Waals surface area contributed by atoms with E-state index in [1.54, 1.807) is 37.3 Å². The first-order chi connectivity index (χ1) is 18.2. The quantitative estimate of drug-likeness (QED) is 0.186. The van der Waals surface area contributed by atoms with Crippen molar-refractivity contribution in [2.24, 2.45) is 0 Å². The molecule has 0 saturated carbocycles.